The molecule has 0 unspecified atom stereocenters. The van der Waals surface area contributed by atoms with Crippen LogP contribution in [0.2, 0.25) is 0 Å². The first-order valence-electron chi connectivity index (χ1n) is 10.1. The van der Waals surface area contributed by atoms with Crippen molar-refractivity contribution < 1.29 is 4.74 Å². The first kappa shape index (κ1) is 16.9. The number of nitrogens with one attached hydrogen (secondary N) is 1. The van der Waals surface area contributed by atoms with Gasteiger partial charge in [-0.05, 0) is 36.6 Å². The van der Waals surface area contributed by atoms with E-state index in [0.717, 1.165) is 54.1 Å². The van der Waals surface area contributed by atoms with Gasteiger partial charge < -0.3 is 4.74 Å². The van der Waals surface area contributed by atoms with E-state index in [2.05, 4.69) is 49.7 Å². The Morgan fingerprint density at radius 3 is 2.90 bits per heavy atom. The zero-order valence-electron chi connectivity index (χ0n) is 16.0. The number of H-pyrrole nitrogens is 1. The number of aromatic amines is 1. The van der Waals surface area contributed by atoms with Gasteiger partial charge in [0.1, 0.15) is 11.4 Å². The van der Waals surface area contributed by atoms with Gasteiger partial charge in [0, 0.05) is 31.1 Å². The summed E-state index contributed by atoms with van der Waals surface area (Å²) in [6.07, 6.45) is 4.69. The van der Waals surface area contributed by atoms with Crippen LogP contribution in [0.1, 0.15) is 18.4 Å². The molecule has 0 saturated carbocycles. The van der Waals surface area contributed by atoms with Gasteiger partial charge in [-0.2, -0.15) is 5.10 Å². The number of likely N-dealkylation sites (tertiary alicyclic amines) is 1. The maximum atomic E-state index is 5.81. The number of nitrogens with zero attached hydrogens (tertiary/aromatic N) is 5. The number of fused-ring (bicyclic) bond motifs is 3. The van der Waals surface area contributed by atoms with Crippen LogP contribution in [0.4, 0.5) is 0 Å². The van der Waals surface area contributed by atoms with Crippen molar-refractivity contribution in [3.05, 3.63) is 60.3 Å². The van der Waals surface area contributed by atoms with Crippen LogP contribution in [-0.2, 0) is 11.3 Å². The van der Waals surface area contributed by atoms with E-state index in [4.69, 9.17) is 4.74 Å². The molecule has 6 rings (SSSR count). The zero-order valence-corrected chi connectivity index (χ0v) is 16.0. The summed E-state index contributed by atoms with van der Waals surface area (Å²) in [5.74, 6) is 0. The van der Waals surface area contributed by atoms with Crippen LogP contribution >= 0.6 is 0 Å². The van der Waals surface area contributed by atoms with Gasteiger partial charge in [0.05, 0.1) is 23.5 Å². The van der Waals surface area contributed by atoms with Crippen molar-refractivity contribution in [2.24, 2.45) is 0 Å². The molecule has 7 heteroatoms. The first-order valence-corrected chi connectivity index (χ1v) is 10.1. The van der Waals surface area contributed by atoms with Crippen molar-refractivity contribution in [1.82, 2.24) is 30.1 Å². The van der Waals surface area contributed by atoms with E-state index in [9.17, 15) is 0 Å². The Bertz CT molecular complexity index is 1150. The summed E-state index contributed by atoms with van der Waals surface area (Å²) < 4.78 is 7.61. The monoisotopic (exact) mass is 386 g/mol. The fourth-order valence-electron chi connectivity index (χ4n) is 4.57. The Morgan fingerprint density at radius 1 is 1.10 bits per heavy atom. The molecule has 2 aromatic heterocycles. The number of aromatic nitrogens is 5. The molecule has 7 nitrogen and oxygen atoms in total. The molecular formula is C22H22N6O. The molecule has 2 aliphatic heterocycles. The molecule has 1 N–H and O–H groups in total. The van der Waals surface area contributed by atoms with Crippen LogP contribution in [-0.4, -0.2) is 55.4 Å². The Hall–Kier alpha value is -3.03. The van der Waals surface area contributed by atoms with E-state index >= 15 is 0 Å². The van der Waals surface area contributed by atoms with Crippen LogP contribution in [0.15, 0.2) is 54.7 Å². The van der Waals surface area contributed by atoms with Gasteiger partial charge >= 0.3 is 0 Å². The maximum Gasteiger partial charge on any atom is 0.134 e. The highest BCUT2D eigenvalue weighted by atomic mass is 16.5. The molecule has 2 aromatic carbocycles. The lowest BCUT2D eigenvalue weighted by atomic mass is 10.1. The molecule has 0 spiro atoms. The van der Waals surface area contributed by atoms with Crippen LogP contribution in [0.25, 0.3) is 28.0 Å². The Kier molecular flexibility index (Phi) is 3.95. The normalized spacial score (nSPS) is 21.8. The van der Waals surface area contributed by atoms with E-state index in [1.807, 2.05) is 30.5 Å². The molecule has 29 heavy (non-hydrogen) atoms. The number of benzene rings is 2. The summed E-state index contributed by atoms with van der Waals surface area (Å²) in [4.78, 5) is 2.56. The van der Waals surface area contributed by atoms with E-state index in [1.165, 1.54) is 12.0 Å². The zero-order chi connectivity index (χ0) is 19.2. The Morgan fingerprint density at radius 2 is 2.00 bits per heavy atom. The number of hydrogen-bond acceptors (Lipinski definition) is 5. The first-order chi connectivity index (χ1) is 14.3. The third kappa shape index (κ3) is 3.03. The van der Waals surface area contributed by atoms with E-state index in [0.29, 0.717) is 12.1 Å². The smallest absolute Gasteiger partial charge is 0.134 e. The minimum absolute atomic E-state index is 0.430. The second-order valence-electron chi connectivity index (χ2n) is 7.93. The minimum atomic E-state index is 0.430. The van der Waals surface area contributed by atoms with Crippen LogP contribution < -0.4 is 0 Å². The number of ether oxygens (including phenoxy) is 1. The molecule has 146 valence electrons. The van der Waals surface area contributed by atoms with Crippen LogP contribution in [0.5, 0.6) is 0 Å². The van der Waals surface area contributed by atoms with Gasteiger partial charge in [-0.15, -0.1) is 5.10 Å². The highest BCUT2D eigenvalue weighted by Gasteiger charge is 2.35. The summed E-state index contributed by atoms with van der Waals surface area (Å²) in [7, 11) is 0. The van der Waals surface area contributed by atoms with Crippen molar-refractivity contribution in [3.63, 3.8) is 0 Å². The Labute approximate surface area is 168 Å². The van der Waals surface area contributed by atoms with Crippen molar-refractivity contribution in [1.29, 1.82) is 0 Å². The van der Waals surface area contributed by atoms with Crippen molar-refractivity contribution in [3.8, 4) is 17.1 Å². The second kappa shape index (κ2) is 6.79. The standard InChI is InChI=1S/C22H22N6O/c1-2-4-20-19(3-1)22(25-23-20)21-14-28(26-24-21)16-7-5-15(6-8-16)12-27-13-18-11-17(27)9-10-29-18/h1-8,14,17-18H,9-13H2,(H,23,25)/t17-,18+/m1/s1. The number of para-hydroxylation sites is 1. The lowest BCUT2D eigenvalue weighted by Crippen LogP contribution is -2.29. The molecule has 0 amide bonds. The second-order valence-corrected chi connectivity index (χ2v) is 7.93. The van der Waals surface area contributed by atoms with E-state index in [1.54, 1.807) is 4.68 Å². The van der Waals surface area contributed by atoms with Gasteiger partial charge in [-0.25, -0.2) is 4.68 Å². The van der Waals surface area contributed by atoms with Crippen LogP contribution in [0, 0.1) is 0 Å². The van der Waals surface area contributed by atoms with Gasteiger partial charge in [0.2, 0.25) is 0 Å². The van der Waals surface area contributed by atoms with Gasteiger partial charge in [-0.3, -0.25) is 10.00 Å². The number of hydrogen-bond donors (Lipinski definition) is 1. The lowest BCUT2D eigenvalue weighted by molar-refractivity contribution is 0.0419. The third-order valence-corrected chi connectivity index (χ3v) is 6.09. The van der Waals surface area contributed by atoms with Crippen molar-refractivity contribution in [2.45, 2.75) is 31.5 Å². The van der Waals surface area contributed by atoms with Crippen molar-refractivity contribution >= 4 is 10.9 Å². The fourth-order valence-corrected chi connectivity index (χ4v) is 4.57. The van der Waals surface area contributed by atoms with E-state index in [-0.39, 0.29) is 0 Å². The molecule has 2 bridgehead atoms. The summed E-state index contributed by atoms with van der Waals surface area (Å²) in [6.45, 7) is 2.94. The predicted molar refractivity (Wildman–Crippen MR) is 110 cm³/mol. The van der Waals surface area contributed by atoms with Crippen LogP contribution in [0.3, 0.4) is 0 Å². The van der Waals surface area contributed by atoms with Gasteiger partial charge in [0.15, 0.2) is 0 Å². The number of rotatable bonds is 4. The molecule has 2 aliphatic rings. The molecular weight excluding hydrogens is 364 g/mol. The summed E-state index contributed by atoms with van der Waals surface area (Å²) in [5, 5.41) is 17.2. The third-order valence-electron chi connectivity index (χ3n) is 6.09. The fraction of sp³-hybridized carbons (Fsp3) is 0.318. The average Bonchev–Trinajstić information content (AvgIpc) is 3.46. The quantitative estimate of drug-likeness (QED) is 0.583. The summed E-state index contributed by atoms with van der Waals surface area (Å²) in [6, 6.07) is 17.3. The highest BCUT2D eigenvalue weighted by molar-refractivity contribution is 5.91. The molecule has 2 saturated heterocycles. The van der Waals surface area contributed by atoms with E-state index < -0.39 is 0 Å². The molecule has 2 atom stereocenters. The van der Waals surface area contributed by atoms with Gasteiger partial charge in [-0.1, -0.05) is 35.5 Å². The molecule has 4 heterocycles. The predicted octanol–water partition coefficient (Wildman–Crippen LogP) is 3.17. The van der Waals surface area contributed by atoms with Crippen molar-refractivity contribution in [2.75, 3.05) is 13.2 Å². The average molecular weight is 386 g/mol. The topological polar surface area (TPSA) is 71.9 Å². The summed E-state index contributed by atoms with van der Waals surface area (Å²) in [5.41, 5.74) is 4.90. The minimum Gasteiger partial charge on any atom is -0.377 e. The lowest BCUT2D eigenvalue weighted by Gasteiger charge is -2.24. The molecule has 0 aliphatic carbocycles. The maximum absolute atomic E-state index is 5.81. The Balaban J connectivity index is 1.21. The SMILES string of the molecule is c1ccc2c(-c3cn(-c4ccc(CN5C[C@@H]6C[C@H]5CCO6)cc4)nn3)n[nH]c2c1. The summed E-state index contributed by atoms with van der Waals surface area (Å²) >= 11 is 0. The molecule has 2 fully saturated rings. The molecule has 0 radical (unpaired) electrons. The highest BCUT2D eigenvalue weighted by Crippen LogP contribution is 2.29. The van der Waals surface area contributed by atoms with Gasteiger partial charge in [0.25, 0.3) is 0 Å². The largest absolute Gasteiger partial charge is 0.377 e. The molecule has 4 aromatic rings.